The normalized spacial score (nSPS) is 18.7. The number of carbonyl (C=O) groups excluding carboxylic acids is 1. The number of amides is 1. The minimum absolute atomic E-state index is 0.0998. The summed E-state index contributed by atoms with van der Waals surface area (Å²) in [6.07, 6.45) is 3.84. The van der Waals surface area contributed by atoms with Crippen molar-refractivity contribution in [2.45, 2.75) is 51.9 Å². The fourth-order valence-electron chi connectivity index (χ4n) is 5.04. The maximum Gasteiger partial charge on any atom is 0.410 e. The Labute approximate surface area is 206 Å². The van der Waals surface area contributed by atoms with Crippen LogP contribution in [0.4, 0.5) is 10.6 Å². The maximum atomic E-state index is 12.7. The number of carbonyl (C=O) groups is 1. The summed E-state index contributed by atoms with van der Waals surface area (Å²) in [6, 6.07) is 13.9. The number of nitrogens with one attached hydrogen (secondary N) is 1. The van der Waals surface area contributed by atoms with E-state index in [2.05, 4.69) is 10.3 Å². The minimum Gasteiger partial charge on any atom is -0.445 e. The molecule has 1 atom stereocenters. The topological polar surface area (TPSA) is 92.5 Å². The largest absolute Gasteiger partial charge is 0.445 e. The molecule has 1 saturated heterocycles. The predicted molar refractivity (Wildman–Crippen MR) is 134 cm³/mol. The Morgan fingerprint density at radius 3 is 2.57 bits per heavy atom. The lowest BCUT2D eigenvalue weighted by atomic mass is 10.0. The van der Waals surface area contributed by atoms with E-state index in [4.69, 9.17) is 9.72 Å². The second-order valence-electron chi connectivity index (χ2n) is 10.4. The zero-order valence-corrected chi connectivity index (χ0v) is 20.8. The van der Waals surface area contributed by atoms with Crippen LogP contribution in [0.3, 0.4) is 0 Å². The van der Waals surface area contributed by atoms with Crippen molar-refractivity contribution in [2.24, 2.45) is 12.5 Å². The first kappa shape index (κ1) is 23.4. The molecule has 3 heterocycles. The molecular weight excluding hydrogens is 442 g/mol. The molecule has 1 aromatic carbocycles. The molecule has 1 unspecified atom stereocenters. The van der Waals surface area contributed by atoms with Crippen LogP contribution in [0.1, 0.15) is 43.8 Å². The summed E-state index contributed by atoms with van der Waals surface area (Å²) in [5, 5.41) is 14.0. The summed E-state index contributed by atoms with van der Waals surface area (Å²) in [6.45, 7) is 7.02. The molecular formula is C27H33N5O3. The van der Waals surface area contributed by atoms with Gasteiger partial charge < -0.3 is 24.6 Å². The van der Waals surface area contributed by atoms with Gasteiger partial charge in [0.05, 0.1) is 11.7 Å². The van der Waals surface area contributed by atoms with E-state index in [-0.39, 0.29) is 24.2 Å². The molecule has 1 spiro atoms. The number of aliphatic hydroxyl groups is 1. The maximum absolute atomic E-state index is 12.7. The predicted octanol–water partition coefficient (Wildman–Crippen LogP) is 4.23. The van der Waals surface area contributed by atoms with Crippen LogP contribution in [0.5, 0.6) is 0 Å². The van der Waals surface area contributed by atoms with E-state index in [1.807, 2.05) is 72.1 Å². The van der Waals surface area contributed by atoms with Crippen molar-refractivity contribution in [2.75, 3.05) is 18.4 Å². The Hall–Kier alpha value is -3.39. The highest BCUT2D eigenvalue weighted by Crippen LogP contribution is 2.53. The molecule has 1 aliphatic heterocycles. The fourth-order valence-corrected chi connectivity index (χ4v) is 5.04. The Morgan fingerprint density at radius 1 is 1.20 bits per heavy atom. The third kappa shape index (κ3) is 4.75. The zero-order chi connectivity index (χ0) is 24.8. The van der Waals surface area contributed by atoms with Crippen LogP contribution in [-0.4, -0.2) is 49.8 Å². The van der Waals surface area contributed by atoms with Crippen LogP contribution in [0, 0.1) is 12.3 Å². The van der Waals surface area contributed by atoms with Crippen molar-refractivity contribution < 1.29 is 14.6 Å². The van der Waals surface area contributed by atoms with E-state index < -0.39 is 5.60 Å². The Balaban J connectivity index is 1.25. The summed E-state index contributed by atoms with van der Waals surface area (Å²) >= 11 is 0. The monoisotopic (exact) mass is 475 g/mol. The molecule has 1 amide bonds. The minimum atomic E-state index is -1.02. The number of anilines is 1. The molecule has 1 saturated carbocycles. The van der Waals surface area contributed by atoms with Gasteiger partial charge in [0, 0.05) is 43.0 Å². The summed E-state index contributed by atoms with van der Waals surface area (Å²) in [5.74, 6) is 1.40. The lowest BCUT2D eigenvalue weighted by molar-refractivity contribution is 0.0659. The van der Waals surface area contributed by atoms with Crippen molar-refractivity contribution in [3.63, 3.8) is 0 Å². The SMILES string of the molecule is Cc1nc(NC2CN(C(=O)OCc3ccccc3)CC23CC3)ccc1-c1cn(C)c(C(C)(C)O)n1. The summed E-state index contributed by atoms with van der Waals surface area (Å²) in [7, 11) is 1.88. The third-order valence-electron chi connectivity index (χ3n) is 7.11. The first-order valence-electron chi connectivity index (χ1n) is 12.1. The van der Waals surface area contributed by atoms with E-state index in [1.165, 1.54) is 0 Å². The Morgan fingerprint density at radius 2 is 1.94 bits per heavy atom. The lowest BCUT2D eigenvalue weighted by Crippen LogP contribution is -2.32. The third-order valence-corrected chi connectivity index (χ3v) is 7.11. The molecule has 1 aliphatic carbocycles. The molecule has 8 heteroatoms. The van der Waals surface area contributed by atoms with Gasteiger partial charge in [0.25, 0.3) is 0 Å². The first-order chi connectivity index (χ1) is 16.6. The molecule has 184 valence electrons. The van der Waals surface area contributed by atoms with Gasteiger partial charge in [-0.25, -0.2) is 14.8 Å². The number of pyridine rings is 1. The number of aromatic nitrogens is 3. The first-order valence-corrected chi connectivity index (χ1v) is 12.1. The highest BCUT2D eigenvalue weighted by Gasteiger charge is 2.56. The molecule has 35 heavy (non-hydrogen) atoms. The van der Waals surface area contributed by atoms with Crippen LogP contribution in [0.2, 0.25) is 0 Å². The average molecular weight is 476 g/mol. The molecule has 3 aromatic rings. The smallest absolute Gasteiger partial charge is 0.410 e. The molecule has 0 radical (unpaired) electrons. The van der Waals surface area contributed by atoms with Gasteiger partial charge in [-0.2, -0.15) is 0 Å². The van der Waals surface area contributed by atoms with Gasteiger partial charge in [0.15, 0.2) is 0 Å². The van der Waals surface area contributed by atoms with Gasteiger partial charge in [-0.1, -0.05) is 30.3 Å². The highest BCUT2D eigenvalue weighted by atomic mass is 16.6. The number of rotatable bonds is 6. The summed E-state index contributed by atoms with van der Waals surface area (Å²) in [5.41, 5.74) is 2.64. The number of aryl methyl sites for hydroxylation is 2. The quantitative estimate of drug-likeness (QED) is 0.554. The molecule has 0 bridgehead atoms. The second kappa shape index (κ2) is 8.68. The van der Waals surface area contributed by atoms with E-state index in [9.17, 15) is 9.90 Å². The number of nitrogens with zero attached hydrogens (tertiary/aromatic N) is 4. The number of hydrogen-bond acceptors (Lipinski definition) is 6. The fraction of sp³-hybridized carbons (Fsp3) is 0.444. The van der Waals surface area contributed by atoms with Gasteiger partial charge in [-0.3, -0.25) is 0 Å². The van der Waals surface area contributed by atoms with Gasteiger partial charge in [0.2, 0.25) is 0 Å². The molecule has 2 fully saturated rings. The molecule has 8 nitrogen and oxygen atoms in total. The lowest BCUT2D eigenvalue weighted by Gasteiger charge is -2.20. The van der Waals surface area contributed by atoms with E-state index in [0.29, 0.717) is 18.9 Å². The Kier molecular flexibility index (Phi) is 5.79. The number of ether oxygens (including phenoxy) is 1. The summed E-state index contributed by atoms with van der Waals surface area (Å²) < 4.78 is 7.42. The van der Waals surface area contributed by atoms with E-state index in [0.717, 1.165) is 41.2 Å². The van der Waals surface area contributed by atoms with Crippen LogP contribution < -0.4 is 5.32 Å². The van der Waals surface area contributed by atoms with Crippen molar-refractivity contribution in [3.8, 4) is 11.3 Å². The van der Waals surface area contributed by atoms with Crippen LogP contribution in [0.25, 0.3) is 11.3 Å². The van der Waals surface area contributed by atoms with E-state index >= 15 is 0 Å². The number of benzene rings is 1. The van der Waals surface area contributed by atoms with Gasteiger partial charge in [-0.05, 0) is 51.3 Å². The highest BCUT2D eigenvalue weighted by molar-refractivity contribution is 5.69. The van der Waals surface area contributed by atoms with Gasteiger partial charge in [0.1, 0.15) is 23.9 Å². The molecule has 2 aliphatic rings. The standard InChI is InChI=1S/C27H33N5O3/c1-18-20(21-14-31(4)24(29-21)26(2,3)34)10-11-23(28-18)30-22-15-32(17-27(22)12-13-27)25(33)35-16-19-8-6-5-7-9-19/h5-11,14,22,34H,12-13,15-17H2,1-4H3,(H,28,30). The van der Waals surface area contributed by atoms with Crippen molar-refractivity contribution in [1.29, 1.82) is 0 Å². The second-order valence-corrected chi connectivity index (χ2v) is 10.4. The molecule has 2 N–H and O–H groups in total. The van der Waals surface area contributed by atoms with Crippen LogP contribution >= 0.6 is 0 Å². The number of likely N-dealkylation sites (tertiary alicyclic amines) is 1. The molecule has 2 aromatic heterocycles. The molecule has 5 rings (SSSR count). The number of imidazole rings is 1. The zero-order valence-electron chi connectivity index (χ0n) is 20.8. The number of hydrogen-bond donors (Lipinski definition) is 2. The van der Waals surface area contributed by atoms with E-state index in [1.54, 1.807) is 13.8 Å². The summed E-state index contributed by atoms with van der Waals surface area (Å²) in [4.78, 5) is 24.0. The van der Waals surface area contributed by atoms with Crippen LogP contribution in [-0.2, 0) is 24.0 Å². The van der Waals surface area contributed by atoms with Gasteiger partial charge >= 0.3 is 6.09 Å². The van der Waals surface area contributed by atoms with Crippen molar-refractivity contribution in [3.05, 3.63) is 65.7 Å². The van der Waals surface area contributed by atoms with Crippen molar-refractivity contribution >= 4 is 11.9 Å². The Bertz CT molecular complexity index is 1230. The van der Waals surface area contributed by atoms with Crippen LogP contribution in [0.15, 0.2) is 48.7 Å². The average Bonchev–Trinajstić information content (AvgIpc) is 3.35. The van der Waals surface area contributed by atoms with Gasteiger partial charge in [-0.15, -0.1) is 0 Å². The van der Waals surface area contributed by atoms with Crippen molar-refractivity contribution in [1.82, 2.24) is 19.4 Å².